The maximum Gasteiger partial charge on any atom is 0.211 e. The maximum absolute atomic E-state index is 12.0. The molecule has 0 aliphatic heterocycles. The van der Waals surface area contributed by atoms with Gasteiger partial charge in [-0.05, 0) is 20.8 Å². The number of aliphatic hydroxyl groups excluding tert-OH is 1. The fourth-order valence-electron chi connectivity index (χ4n) is 1.57. The fourth-order valence-corrected chi connectivity index (χ4v) is 1.57. The van der Waals surface area contributed by atoms with Gasteiger partial charge in [0.1, 0.15) is 11.5 Å². The van der Waals surface area contributed by atoms with Crippen LogP contribution in [-0.4, -0.2) is 22.4 Å². The summed E-state index contributed by atoms with van der Waals surface area (Å²) in [5, 5.41) is 17.1. The smallest absolute Gasteiger partial charge is 0.211 e. The Balaban J connectivity index is 3.12. The summed E-state index contributed by atoms with van der Waals surface area (Å²) < 4.78 is 0. The van der Waals surface area contributed by atoms with Gasteiger partial charge >= 0.3 is 0 Å². The third kappa shape index (κ3) is 2.91. The van der Waals surface area contributed by atoms with E-state index >= 15 is 0 Å². The Kier molecular flexibility index (Phi) is 4.15. The highest BCUT2D eigenvalue weighted by atomic mass is 16.3. The second-order valence-corrected chi connectivity index (χ2v) is 4.09. The van der Waals surface area contributed by atoms with Crippen LogP contribution in [0.1, 0.15) is 29.8 Å². The molecular formula is C14H15NO3. The lowest BCUT2D eigenvalue weighted by atomic mass is 9.97. The summed E-state index contributed by atoms with van der Waals surface area (Å²) >= 11 is 0. The number of rotatable bonds is 4. The minimum atomic E-state index is -0.575. The predicted octanol–water partition coefficient (Wildman–Crippen LogP) is 2.62. The van der Waals surface area contributed by atoms with Crippen molar-refractivity contribution in [1.29, 1.82) is 5.41 Å². The highest BCUT2D eigenvalue weighted by Gasteiger charge is 2.22. The SMILES string of the molecule is CC(=O)/C(C(=N)C(=O)c1ccc(C)cc1)=C(\C)O. The second kappa shape index (κ2) is 5.40. The number of hydrogen-bond donors (Lipinski definition) is 2. The van der Waals surface area contributed by atoms with Crippen LogP contribution in [0.4, 0.5) is 0 Å². The zero-order valence-corrected chi connectivity index (χ0v) is 10.6. The highest BCUT2D eigenvalue weighted by molar-refractivity contribution is 6.55. The summed E-state index contributed by atoms with van der Waals surface area (Å²) in [5.74, 6) is -1.39. The van der Waals surface area contributed by atoms with Gasteiger partial charge in [-0.2, -0.15) is 0 Å². The maximum atomic E-state index is 12.0. The number of aryl methyl sites for hydroxylation is 1. The van der Waals surface area contributed by atoms with E-state index in [1.165, 1.54) is 13.8 Å². The zero-order valence-electron chi connectivity index (χ0n) is 10.6. The number of aliphatic hydroxyl groups is 1. The average molecular weight is 245 g/mol. The number of carbonyl (C=O) groups is 2. The summed E-state index contributed by atoms with van der Waals surface area (Å²) in [6.45, 7) is 4.39. The van der Waals surface area contributed by atoms with Gasteiger partial charge in [0.2, 0.25) is 5.78 Å². The first-order chi connectivity index (χ1) is 8.34. The molecule has 0 unspecified atom stereocenters. The van der Waals surface area contributed by atoms with Crippen LogP contribution in [0.25, 0.3) is 0 Å². The Hall–Kier alpha value is -2.23. The Bertz CT molecular complexity index is 535. The summed E-state index contributed by atoms with van der Waals surface area (Å²) in [5.41, 5.74) is 0.608. The van der Waals surface area contributed by atoms with Gasteiger partial charge in [-0.1, -0.05) is 29.8 Å². The molecule has 0 amide bonds. The van der Waals surface area contributed by atoms with Crippen LogP contribution in [-0.2, 0) is 4.79 Å². The van der Waals surface area contributed by atoms with Crippen LogP contribution in [0.5, 0.6) is 0 Å². The molecule has 1 aromatic rings. The van der Waals surface area contributed by atoms with Gasteiger partial charge in [-0.15, -0.1) is 0 Å². The number of nitrogens with one attached hydrogen (secondary N) is 1. The lowest BCUT2D eigenvalue weighted by molar-refractivity contribution is -0.113. The standard InChI is InChI=1S/C14H15NO3/c1-8-4-6-11(7-5-8)14(18)13(15)12(9(2)16)10(3)17/h4-7,15-16H,1-3H3/b12-9-,15-13?. The van der Waals surface area contributed by atoms with Crippen molar-refractivity contribution in [1.82, 2.24) is 0 Å². The van der Waals surface area contributed by atoms with Crippen molar-refractivity contribution in [3.05, 3.63) is 46.7 Å². The van der Waals surface area contributed by atoms with Gasteiger partial charge in [0.05, 0.1) is 5.57 Å². The molecule has 0 radical (unpaired) electrons. The molecule has 4 nitrogen and oxygen atoms in total. The fraction of sp³-hybridized carbons (Fsp3) is 0.214. The largest absolute Gasteiger partial charge is 0.512 e. The van der Waals surface area contributed by atoms with Crippen molar-refractivity contribution in [2.24, 2.45) is 0 Å². The second-order valence-electron chi connectivity index (χ2n) is 4.09. The summed E-state index contributed by atoms with van der Waals surface area (Å²) in [4.78, 5) is 23.3. The van der Waals surface area contributed by atoms with E-state index in [0.717, 1.165) is 5.56 Å². The number of hydrogen-bond acceptors (Lipinski definition) is 4. The van der Waals surface area contributed by atoms with Gasteiger partial charge < -0.3 is 5.11 Å². The van der Waals surface area contributed by atoms with Crippen molar-refractivity contribution in [3.8, 4) is 0 Å². The first-order valence-corrected chi connectivity index (χ1v) is 5.45. The third-order valence-electron chi connectivity index (χ3n) is 2.50. The predicted molar refractivity (Wildman–Crippen MR) is 69.2 cm³/mol. The van der Waals surface area contributed by atoms with Crippen molar-refractivity contribution in [3.63, 3.8) is 0 Å². The minimum Gasteiger partial charge on any atom is -0.512 e. The van der Waals surface area contributed by atoms with Crippen LogP contribution in [0.15, 0.2) is 35.6 Å². The Morgan fingerprint density at radius 1 is 1.11 bits per heavy atom. The summed E-state index contributed by atoms with van der Waals surface area (Å²) in [6.07, 6.45) is 0. The molecule has 1 rings (SSSR count). The zero-order chi connectivity index (χ0) is 13.9. The van der Waals surface area contributed by atoms with E-state index in [-0.39, 0.29) is 11.3 Å². The summed E-state index contributed by atoms with van der Waals surface area (Å²) in [6, 6.07) is 6.69. The van der Waals surface area contributed by atoms with E-state index < -0.39 is 17.3 Å². The van der Waals surface area contributed by atoms with Gasteiger partial charge in [0, 0.05) is 5.56 Å². The average Bonchev–Trinajstić information content (AvgIpc) is 2.28. The van der Waals surface area contributed by atoms with Crippen molar-refractivity contribution in [2.75, 3.05) is 0 Å². The molecule has 0 heterocycles. The van der Waals surface area contributed by atoms with Crippen LogP contribution in [0.2, 0.25) is 0 Å². The van der Waals surface area contributed by atoms with Gasteiger partial charge in [-0.3, -0.25) is 15.0 Å². The van der Waals surface area contributed by atoms with E-state index in [0.29, 0.717) is 5.56 Å². The lowest BCUT2D eigenvalue weighted by Crippen LogP contribution is -2.21. The number of allylic oxidation sites excluding steroid dienone is 2. The highest BCUT2D eigenvalue weighted by Crippen LogP contribution is 2.11. The molecule has 0 atom stereocenters. The number of carbonyl (C=O) groups excluding carboxylic acids is 2. The van der Waals surface area contributed by atoms with E-state index in [9.17, 15) is 14.7 Å². The lowest BCUT2D eigenvalue weighted by Gasteiger charge is -2.06. The quantitative estimate of drug-likeness (QED) is 0.370. The van der Waals surface area contributed by atoms with E-state index in [4.69, 9.17) is 5.41 Å². The Labute approximate surface area is 105 Å². The van der Waals surface area contributed by atoms with Crippen LogP contribution in [0, 0.1) is 12.3 Å². The third-order valence-corrected chi connectivity index (χ3v) is 2.50. The van der Waals surface area contributed by atoms with E-state index in [1.807, 2.05) is 6.92 Å². The van der Waals surface area contributed by atoms with Gasteiger partial charge in [-0.25, -0.2) is 0 Å². The normalized spacial score (nSPS) is 11.7. The molecule has 0 aromatic heterocycles. The van der Waals surface area contributed by atoms with Gasteiger partial charge in [0.25, 0.3) is 0 Å². The molecule has 0 fully saturated rings. The number of ketones is 2. The molecule has 0 aliphatic rings. The number of benzene rings is 1. The summed E-state index contributed by atoms with van der Waals surface area (Å²) in [7, 11) is 0. The van der Waals surface area contributed by atoms with E-state index in [2.05, 4.69) is 0 Å². The molecule has 94 valence electrons. The van der Waals surface area contributed by atoms with Gasteiger partial charge in [0.15, 0.2) is 5.78 Å². The molecule has 18 heavy (non-hydrogen) atoms. The molecule has 0 spiro atoms. The minimum absolute atomic E-state index is 0.236. The Morgan fingerprint density at radius 2 is 1.61 bits per heavy atom. The molecular weight excluding hydrogens is 230 g/mol. The molecule has 0 saturated carbocycles. The first-order valence-electron chi connectivity index (χ1n) is 5.45. The van der Waals surface area contributed by atoms with Crippen LogP contribution in [0.3, 0.4) is 0 Å². The van der Waals surface area contributed by atoms with Crippen LogP contribution >= 0.6 is 0 Å². The van der Waals surface area contributed by atoms with Crippen molar-refractivity contribution in [2.45, 2.75) is 20.8 Å². The Morgan fingerprint density at radius 3 is 2.00 bits per heavy atom. The molecule has 0 saturated heterocycles. The van der Waals surface area contributed by atoms with Crippen molar-refractivity contribution >= 4 is 17.3 Å². The number of Topliss-reactive ketones (excluding diaryl/α,β-unsaturated/α-hetero) is 2. The molecule has 0 bridgehead atoms. The van der Waals surface area contributed by atoms with Crippen molar-refractivity contribution < 1.29 is 14.7 Å². The monoisotopic (exact) mass is 245 g/mol. The topological polar surface area (TPSA) is 78.2 Å². The molecule has 2 N–H and O–H groups in total. The van der Waals surface area contributed by atoms with E-state index in [1.54, 1.807) is 24.3 Å². The molecule has 0 aliphatic carbocycles. The molecule has 1 aromatic carbocycles. The molecule has 4 heteroatoms. The van der Waals surface area contributed by atoms with Crippen LogP contribution < -0.4 is 0 Å². The first kappa shape index (κ1) is 13.8.